The van der Waals surface area contributed by atoms with E-state index in [1.165, 1.54) is 0 Å². The first-order chi connectivity index (χ1) is 12.6. The molecule has 8 heteroatoms. The summed E-state index contributed by atoms with van der Waals surface area (Å²) >= 11 is 3.36. The Morgan fingerprint density at radius 3 is 2.69 bits per heavy atom. The average molecular weight is 414 g/mol. The van der Waals surface area contributed by atoms with Gasteiger partial charge in [-0.25, -0.2) is 0 Å². The van der Waals surface area contributed by atoms with Gasteiger partial charge in [-0.05, 0) is 36.4 Å². The van der Waals surface area contributed by atoms with Crippen LogP contribution in [-0.4, -0.2) is 23.2 Å². The van der Waals surface area contributed by atoms with Gasteiger partial charge in [0.15, 0.2) is 17.1 Å². The second kappa shape index (κ2) is 6.64. The van der Waals surface area contributed by atoms with Crippen molar-refractivity contribution in [1.29, 1.82) is 0 Å². The fourth-order valence-corrected chi connectivity index (χ4v) is 2.71. The van der Waals surface area contributed by atoms with Gasteiger partial charge in [-0.1, -0.05) is 33.2 Å². The number of furan rings is 1. The van der Waals surface area contributed by atoms with Crippen molar-refractivity contribution in [1.82, 2.24) is 10.2 Å². The van der Waals surface area contributed by atoms with E-state index in [0.717, 1.165) is 15.4 Å². The summed E-state index contributed by atoms with van der Waals surface area (Å²) in [6, 6.07) is 14.4. The summed E-state index contributed by atoms with van der Waals surface area (Å²) in [5.74, 6) is 0.484. The summed E-state index contributed by atoms with van der Waals surface area (Å²) in [6.45, 7) is 0. The van der Waals surface area contributed by atoms with Crippen LogP contribution in [-0.2, 0) is 0 Å². The van der Waals surface area contributed by atoms with E-state index in [1.54, 1.807) is 19.2 Å². The number of nitrogens with one attached hydrogen (secondary N) is 1. The van der Waals surface area contributed by atoms with Gasteiger partial charge < -0.3 is 13.6 Å². The number of fused-ring (bicyclic) bond motifs is 1. The van der Waals surface area contributed by atoms with Crippen molar-refractivity contribution in [3.63, 3.8) is 0 Å². The van der Waals surface area contributed by atoms with E-state index < -0.39 is 5.91 Å². The Hall–Kier alpha value is -3.13. The first-order valence-electron chi connectivity index (χ1n) is 7.61. The first kappa shape index (κ1) is 16.3. The van der Waals surface area contributed by atoms with Crippen LogP contribution in [0.4, 0.5) is 6.01 Å². The molecule has 0 radical (unpaired) electrons. The van der Waals surface area contributed by atoms with Gasteiger partial charge in [0.2, 0.25) is 5.89 Å². The lowest BCUT2D eigenvalue weighted by Gasteiger charge is -1.99. The number of amides is 1. The molecule has 0 spiro atoms. The number of halogens is 1. The van der Waals surface area contributed by atoms with Crippen molar-refractivity contribution >= 4 is 38.8 Å². The van der Waals surface area contributed by atoms with E-state index in [0.29, 0.717) is 17.2 Å². The number of methoxy groups -OCH3 is 1. The highest BCUT2D eigenvalue weighted by Gasteiger charge is 2.18. The number of carbonyl (C=O) groups is 1. The maximum atomic E-state index is 12.4. The maximum absolute atomic E-state index is 12.4. The second-order valence-electron chi connectivity index (χ2n) is 5.36. The molecule has 4 aromatic rings. The fraction of sp³-hybridized carbons (Fsp3) is 0.0556. The number of rotatable bonds is 4. The lowest BCUT2D eigenvalue weighted by atomic mass is 10.2. The third-order valence-electron chi connectivity index (χ3n) is 3.69. The van der Waals surface area contributed by atoms with E-state index in [9.17, 15) is 4.79 Å². The largest absolute Gasteiger partial charge is 0.493 e. The highest BCUT2D eigenvalue weighted by Crippen LogP contribution is 2.29. The Labute approximate surface area is 156 Å². The normalized spacial score (nSPS) is 10.8. The number of ether oxygens (including phenoxy) is 1. The van der Waals surface area contributed by atoms with Crippen LogP contribution in [0.25, 0.3) is 22.4 Å². The third kappa shape index (κ3) is 3.06. The van der Waals surface area contributed by atoms with Crippen LogP contribution in [0.5, 0.6) is 5.75 Å². The van der Waals surface area contributed by atoms with Gasteiger partial charge in [0, 0.05) is 15.4 Å². The van der Waals surface area contributed by atoms with Crippen LogP contribution in [0.2, 0.25) is 0 Å². The number of nitrogens with zero attached hydrogens (tertiary/aromatic N) is 2. The smallest absolute Gasteiger partial charge is 0.322 e. The van der Waals surface area contributed by atoms with Gasteiger partial charge in [-0.2, -0.15) is 0 Å². The van der Waals surface area contributed by atoms with E-state index in [4.69, 9.17) is 13.6 Å². The monoisotopic (exact) mass is 413 g/mol. The molecule has 0 bridgehead atoms. The lowest BCUT2D eigenvalue weighted by Crippen LogP contribution is -2.10. The molecule has 1 N–H and O–H groups in total. The number of benzene rings is 2. The maximum Gasteiger partial charge on any atom is 0.322 e. The summed E-state index contributed by atoms with van der Waals surface area (Å²) in [5.41, 5.74) is 1.25. The Morgan fingerprint density at radius 2 is 1.92 bits per heavy atom. The predicted octanol–water partition coefficient (Wildman–Crippen LogP) is 4.51. The molecule has 0 saturated heterocycles. The average Bonchev–Trinajstić information content (AvgIpc) is 3.29. The molecule has 0 aliphatic heterocycles. The topological polar surface area (TPSA) is 90.4 Å². The molecule has 2 aromatic heterocycles. The van der Waals surface area contributed by atoms with Crippen LogP contribution in [0.1, 0.15) is 10.6 Å². The van der Waals surface area contributed by atoms with E-state index in [2.05, 4.69) is 31.4 Å². The molecule has 0 aliphatic carbocycles. The molecular formula is C18H12BrN3O4. The fourth-order valence-electron chi connectivity index (χ4n) is 2.45. The highest BCUT2D eigenvalue weighted by molar-refractivity contribution is 9.10. The summed E-state index contributed by atoms with van der Waals surface area (Å²) in [5, 5.41) is 11.1. The molecule has 26 heavy (non-hydrogen) atoms. The summed E-state index contributed by atoms with van der Waals surface area (Å²) < 4.78 is 17.3. The zero-order valence-corrected chi connectivity index (χ0v) is 15.1. The minimum absolute atomic E-state index is 0.0136. The number of aromatic nitrogens is 2. The number of para-hydroxylation sites is 1. The molecule has 0 atom stereocenters. The van der Waals surface area contributed by atoms with Gasteiger partial charge in [-0.15, -0.1) is 5.10 Å². The molecule has 1 amide bonds. The van der Waals surface area contributed by atoms with Crippen LogP contribution >= 0.6 is 15.9 Å². The number of hydrogen-bond acceptors (Lipinski definition) is 6. The van der Waals surface area contributed by atoms with Gasteiger partial charge in [0.05, 0.1) is 7.11 Å². The Bertz CT molecular complexity index is 1090. The minimum Gasteiger partial charge on any atom is -0.493 e. The van der Waals surface area contributed by atoms with Crippen LogP contribution in [0.15, 0.2) is 61.8 Å². The van der Waals surface area contributed by atoms with Gasteiger partial charge in [-0.3, -0.25) is 10.1 Å². The Balaban J connectivity index is 1.56. The van der Waals surface area contributed by atoms with Crippen molar-refractivity contribution < 1.29 is 18.4 Å². The number of anilines is 1. The Kier molecular flexibility index (Phi) is 4.18. The highest BCUT2D eigenvalue weighted by atomic mass is 79.9. The van der Waals surface area contributed by atoms with Crippen molar-refractivity contribution in [3.8, 4) is 17.2 Å². The van der Waals surface area contributed by atoms with Gasteiger partial charge in [0.1, 0.15) is 0 Å². The van der Waals surface area contributed by atoms with Crippen molar-refractivity contribution in [2.45, 2.75) is 0 Å². The molecule has 0 fully saturated rings. The second-order valence-corrected chi connectivity index (χ2v) is 6.28. The predicted molar refractivity (Wildman–Crippen MR) is 98.2 cm³/mol. The van der Waals surface area contributed by atoms with E-state index in [1.807, 2.05) is 36.4 Å². The summed E-state index contributed by atoms with van der Waals surface area (Å²) in [7, 11) is 1.54. The van der Waals surface area contributed by atoms with Crippen molar-refractivity contribution in [3.05, 3.63) is 58.8 Å². The minimum atomic E-state index is -0.491. The van der Waals surface area contributed by atoms with Crippen LogP contribution < -0.4 is 10.1 Å². The summed E-state index contributed by atoms with van der Waals surface area (Å²) in [4.78, 5) is 12.4. The molecule has 2 aromatic carbocycles. The standard InChI is InChI=1S/C18H12BrN3O4/c1-24-13-4-2-3-11-9-14(25-15(11)13)16(23)20-18-22-21-17(26-18)10-5-7-12(19)8-6-10/h2-9H,1H3,(H,20,22,23). The molecular weight excluding hydrogens is 402 g/mol. The van der Waals surface area contributed by atoms with Crippen molar-refractivity contribution in [2.75, 3.05) is 12.4 Å². The summed E-state index contributed by atoms with van der Waals surface area (Å²) in [6.07, 6.45) is 0. The number of hydrogen-bond donors (Lipinski definition) is 1. The zero-order chi connectivity index (χ0) is 18.1. The zero-order valence-electron chi connectivity index (χ0n) is 13.5. The van der Waals surface area contributed by atoms with E-state index >= 15 is 0 Å². The van der Waals surface area contributed by atoms with E-state index in [-0.39, 0.29) is 11.8 Å². The lowest BCUT2D eigenvalue weighted by molar-refractivity contribution is 0.0995. The first-order valence-corrected chi connectivity index (χ1v) is 8.40. The molecule has 4 rings (SSSR count). The molecule has 130 valence electrons. The van der Waals surface area contributed by atoms with Gasteiger partial charge >= 0.3 is 6.01 Å². The quantitative estimate of drug-likeness (QED) is 0.529. The third-order valence-corrected chi connectivity index (χ3v) is 4.22. The van der Waals surface area contributed by atoms with Crippen LogP contribution in [0.3, 0.4) is 0 Å². The van der Waals surface area contributed by atoms with Gasteiger partial charge in [0.25, 0.3) is 5.91 Å². The van der Waals surface area contributed by atoms with Crippen LogP contribution in [0, 0.1) is 0 Å². The number of carbonyl (C=O) groups excluding carboxylic acids is 1. The molecule has 0 unspecified atom stereocenters. The SMILES string of the molecule is COc1cccc2cc(C(=O)Nc3nnc(-c4ccc(Br)cc4)o3)oc12. The van der Waals surface area contributed by atoms with Crippen molar-refractivity contribution in [2.24, 2.45) is 0 Å². The Morgan fingerprint density at radius 1 is 1.12 bits per heavy atom. The molecule has 0 saturated carbocycles. The molecule has 0 aliphatic rings. The molecule has 2 heterocycles. The molecule has 7 nitrogen and oxygen atoms in total.